The molecule has 0 amide bonds. The maximum Gasteiger partial charge on any atom is 0.0606 e. The molecule has 0 radical (unpaired) electrons. The zero-order chi connectivity index (χ0) is 7.98. The number of likely N-dealkylation sites (N-methyl/N-ethyl adjacent to an activating group) is 1. The molecule has 0 spiro atoms. The van der Waals surface area contributed by atoms with Gasteiger partial charge in [0, 0.05) is 19.8 Å². The number of aliphatic hydroxyl groups is 1. The lowest BCUT2D eigenvalue weighted by atomic mass is 10.3. The van der Waals surface area contributed by atoms with Gasteiger partial charge in [-0.1, -0.05) is 12.7 Å². The van der Waals surface area contributed by atoms with Crippen molar-refractivity contribution in [1.29, 1.82) is 0 Å². The first-order chi connectivity index (χ1) is 4.70. The average Bonchev–Trinajstić information content (AvgIpc) is 1.88. The molecule has 0 aromatic carbocycles. The highest BCUT2D eigenvalue weighted by Crippen LogP contribution is 1.94. The van der Waals surface area contributed by atoms with Crippen LogP contribution in [-0.4, -0.2) is 30.2 Å². The Hall–Kier alpha value is -0.760. The minimum absolute atomic E-state index is 0.192. The summed E-state index contributed by atoms with van der Waals surface area (Å²) in [6.07, 6.45) is 3.73. The molecule has 58 valence electrons. The Morgan fingerprint density at radius 1 is 1.70 bits per heavy atom. The van der Waals surface area contributed by atoms with Gasteiger partial charge in [-0.2, -0.15) is 0 Å². The lowest BCUT2D eigenvalue weighted by Crippen LogP contribution is -2.15. The molecule has 2 heteroatoms. The third-order valence-corrected chi connectivity index (χ3v) is 1.20. The maximum absolute atomic E-state index is 8.53. The fourth-order valence-corrected chi connectivity index (χ4v) is 0.623. The van der Waals surface area contributed by atoms with Gasteiger partial charge in [0.2, 0.25) is 0 Å². The number of aliphatic hydroxyl groups excluding tert-OH is 1. The molecule has 0 saturated carbocycles. The summed E-state index contributed by atoms with van der Waals surface area (Å²) >= 11 is 0. The van der Waals surface area contributed by atoms with Gasteiger partial charge in [0.05, 0.1) is 6.61 Å². The van der Waals surface area contributed by atoms with Crippen molar-refractivity contribution in [3.8, 4) is 0 Å². The number of allylic oxidation sites excluding steroid dienone is 2. The molecule has 2 nitrogen and oxygen atoms in total. The molecule has 0 fully saturated rings. The smallest absolute Gasteiger partial charge is 0.0606 e. The topological polar surface area (TPSA) is 23.5 Å². The lowest BCUT2D eigenvalue weighted by Gasteiger charge is -2.11. The standard InChI is InChI=1S/C8H15NO/c1-4-8(2)7-9(3)5-6-10/h4,7,10H,1,5-6H2,2-3H3/b8-7-. The first kappa shape index (κ1) is 9.24. The van der Waals surface area contributed by atoms with Gasteiger partial charge in [0.15, 0.2) is 0 Å². The molecule has 0 aliphatic rings. The quantitative estimate of drug-likeness (QED) is 0.590. The molecule has 0 atom stereocenters. The second kappa shape index (κ2) is 5.06. The minimum Gasteiger partial charge on any atom is -0.395 e. The number of hydrogen-bond donors (Lipinski definition) is 1. The van der Waals surface area contributed by atoms with Gasteiger partial charge < -0.3 is 10.0 Å². The molecular formula is C8H15NO. The highest BCUT2D eigenvalue weighted by molar-refractivity contribution is 5.11. The third-order valence-electron chi connectivity index (χ3n) is 1.20. The molecule has 1 N–H and O–H groups in total. The normalized spacial score (nSPS) is 11.3. The van der Waals surface area contributed by atoms with E-state index in [1.54, 1.807) is 6.08 Å². The molecule has 0 bridgehead atoms. The van der Waals surface area contributed by atoms with Gasteiger partial charge in [0.25, 0.3) is 0 Å². The fourth-order valence-electron chi connectivity index (χ4n) is 0.623. The van der Waals surface area contributed by atoms with Crippen LogP contribution in [0.4, 0.5) is 0 Å². The molecule has 0 aliphatic carbocycles. The summed E-state index contributed by atoms with van der Waals surface area (Å²) in [4.78, 5) is 1.93. The summed E-state index contributed by atoms with van der Waals surface area (Å²) in [5, 5.41) is 8.53. The van der Waals surface area contributed by atoms with Gasteiger partial charge >= 0.3 is 0 Å². The van der Waals surface area contributed by atoms with Crippen LogP contribution in [0.3, 0.4) is 0 Å². The zero-order valence-corrected chi connectivity index (χ0v) is 6.67. The highest BCUT2D eigenvalue weighted by atomic mass is 16.3. The van der Waals surface area contributed by atoms with Crippen LogP contribution in [-0.2, 0) is 0 Å². The Bertz CT molecular complexity index is 129. The van der Waals surface area contributed by atoms with Crippen molar-refractivity contribution in [2.24, 2.45) is 0 Å². The summed E-state index contributed by atoms with van der Waals surface area (Å²) in [7, 11) is 1.92. The molecule has 0 aliphatic heterocycles. The monoisotopic (exact) mass is 141 g/mol. The van der Waals surface area contributed by atoms with E-state index >= 15 is 0 Å². The molecule has 0 aromatic rings. The Labute approximate surface area is 62.5 Å². The van der Waals surface area contributed by atoms with E-state index in [9.17, 15) is 0 Å². The second-order valence-electron chi connectivity index (χ2n) is 2.28. The van der Waals surface area contributed by atoms with Gasteiger partial charge in [-0.15, -0.1) is 0 Å². The SMILES string of the molecule is C=C/C(C)=C\N(C)CCO. The van der Waals surface area contributed by atoms with Crippen molar-refractivity contribution < 1.29 is 5.11 Å². The highest BCUT2D eigenvalue weighted by Gasteiger charge is 1.88. The van der Waals surface area contributed by atoms with E-state index in [1.807, 2.05) is 25.1 Å². The van der Waals surface area contributed by atoms with Crippen LogP contribution in [0.15, 0.2) is 24.4 Å². The van der Waals surface area contributed by atoms with Crippen molar-refractivity contribution in [2.45, 2.75) is 6.92 Å². The van der Waals surface area contributed by atoms with Crippen LogP contribution in [0.1, 0.15) is 6.92 Å². The molecule has 0 rings (SSSR count). The number of rotatable bonds is 4. The van der Waals surface area contributed by atoms with Crippen LogP contribution in [0.5, 0.6) is 0 Å². The molecular weight excluding hydrogens is 126 g/mol. The van der Waals surface area contributed by atoms with Gasteiger partial charge in [-0.25, -0.2) is 0 Å². The van der Waals surface area contributed by atoms with E-state index in [0.717, 1.165) is 5.57 Å². The average molecular weight is 141 g/mol. The van der Waals surface area contributed by atoms with E-state index in [2.05, 4.69) is 6.58 Å². The van der Waals surface area contributed by atoms with E-state index < -0.39 is 0 Å². The Kier molecular flexibility index (Phi) is 4.67. The molecule has 0 saturated heterocycles. The van der Waals surface area contributed by atoms with Crippen LogP contribution >= 0.6 is 0 Å². The van der Waals surface area contributed by atoms with Crippen LogP contribution in [0.2, 0.25) is 0 Å². The van der Waals surface area contributed by atoms with Gasteiger partial charge in [-0.3, -0.25) is 0 Å². The zero-order valence-electron chi connectivity index (χ0n) is 6.67. The molecule has 0 aromatic heterocycles. The van der Waals surface area contributed by atoms with E-state index in [1.165, 1.54) is 0 Å². The van der Waals surface area contributed by atoms with Crippen molar-refractivity contribution in [2.75, 3.05) is 20.2 Å². The summed E-state index contributed by atoms with van der Waals surface area (Å²) in [5.41, 5.74) is 1.11. The van der Waals surface area contributed by atoms with Crippen LogP contribution < -0.4 is 0 Å². The maximum atomic E-state index is 8.53. The predicted octanol–water partition coefficient (Wildman–Crippen LogP) is 1.00. The first-order valence-electron chi connectivity index (χ1n) is 3.32. The summed E-state index contributed by atoms with van der Waals surface area (Å²) in [6.45, 7) is 6.45. The Morgan fingerprint density at radius 3 is 2.70 bits per heavy atom. The van der Waals surface area contributed by atoms with Crippen molar-refractivity contribution in [3.05, 3.63) is 24.4 Å². The summed E-state index contributed by atoms with van der Waals surface area (Å²) < 4.78 is 0. The first-order valence-corrected chi connectivity index (χ1v) is 3.32. The molecule has 10 heavy (non-hydrogen) atoms. The van der Waals surface area contributed by atoms with E-state index in [-0.39, 0.29) is 6.61 Å². The number of nitrogens with zero attached hydrogens (tertiary/aromatic N) is 1. The van der Waals surface area contributed by atoms with Gasteiger partial charge in [0.1, 0.15) is 0 Å². The predicted molar refractivity (Wildman–Crippen MR) is 43.7 cm³/mol. The second-order valence-corrected chi connectivity index (χ2v) is 2.28. The van der Waals surface area contributed by atoms with E-state index in [4.69, 9.17) is 5.11 Å². The Balaban J connectivity index is 3.73. The van der Waals surface area contributed by atoms with Crippen LogP contribution in [0, 0.1) is 0 Å². The van der Waals surface area contributed by atoms with Crippen LogP contribution in [0.25, 0.3) is 0 Å². The molecule has 0 heterocycles. The lowest BCUT2D eigenvalue weighted by molar-refractivity contribution is 0.254. The minimum atomic E-state index is 0.192. The van der Waals surface area contributed by atoms with Gasteiger partial charge in [-0.05, 0) is 12.5 Å². The third kappa shape index (κ3) is 4.15. The molecule has 0 unspecified atom stereocenters. The summed E-state index contributed by atoms with van der Waals surface area (Å²) in [5.74, 6) is 0. The van der Waals surface area contributed by atoms with Crippen molar-refractivity contribution in [3.63, 3.8) is 0 Å². The fraction of sp³-hybridized carbons (Fsp3) is 0.500. The summed E-state index contributed by atoms with van der Waals surface area (Å²) in [6, 6.07) is 0. The van der Waals surface area contributed by atoms with Crippen molar-refractivity contribution in [1.82, 2.24) is 4.90 Å². The van der Waals surface area contributed by atoms with Crippen molar-refractivity contribution >= 4 is 0 Å². The Morgan fingerprint density at radius 2 is 2.30 bits per heavy atom. The largest absolute Gasteiger partial charge is 0.395 e. The van der Waals surface area contributed by atoms with E-state index in [0.29, 0.717) is 6.54 Å². The number of hydrogen-bond acceptors (Lipinski definition) is 2.